The van der Waals surface area contributed by atoms with E-state index in [0.717, 1.165) is 23.5 Å². The first-order valence-corrected chi connectivity index (χ1v) is 9.13. The summed E-state index contributed by atoms with van der Waals surface area (Å²) in [6.45, 7) is 6.16. The second-order valence-electron chi connectivity index (χ2n) is 6.39. The van der Waals surface area contributed by atoms with Gasteiger partial charge >= 0.3 is 0 Å². The molecule has 0 bridgehead atoms. The molecule has 0 saturated heterocycles. The summed E-state index contributed by atoms with van der Waals surface area (Å²) < 4.78 is 32.3. The molecule has 3 rings (SSSR count). The number of rotatable bonds is 8. The maximum atomic E-state index is 13.6. The van der Waals surface area contributed by atoms with Crippen molar-refractivity contribution in [1.29, 1.82) is 0 Å². The Kier molecular flexibility index (Phi) is 6.07. The smallest absolute Gasteiger partial charge is 0.278 e. The Balaban J connectivity index is 2.00. The fourth-order valence-electron chi connectivity index (χ4n) is 2.91. The molecule has 0 spiro atoms. The number of anilines is 1. The minimum absolute atomic E-state index is 0.00918. The number of hydrogen-bond donors (Lipinski definition) is 1. The molecule has 0 unspecified atom stereocenters. The van der Waals surface area contributed by atoms with E-state index in [1.54, 1.807) is 24.3 Å². The molecular weight excluding hydrogens is 378 g/mol. The number of imide groups is 1. The third kappa shape index (κ3) is 4.18. The third-order valence-electron chi connectivity index (χ3n) is 4.28. The van der Waals surface area contributed by atoms with Crippen LogP contribution >= 0.6 is 0 Å². The van der Waals surface area contributed by atoms with Gasteiger partial charge in [0.25, 0.3) is 11.8 Å². The molecule has 7 heteroatoms. The zero-order valence-corrected chi connectivity index (χ0v) is 15.9. The normalized spacial score (nSPS) is 13.8. The van der Waals surface area contributed by atoms with Crippen molar-refractivity contribution in [2.45, 2.75) is 13.3 Å². The molecule has 0 saturated carbocycles. The van der Waals surface area contributed by atoms with Crippen LogP contribution in [0.5, 0.6) is 5.75 Å². The highest BCUT2D eigenvalue weighted by Gasteiger charge is 2.38. The molecular formula is C22H20F2N2O3. The zero-order chi connectivity index (χ0) is 21.0. The number of hydrogen-bond acceptors (Lipinski definition) is 4. The first kappa shape index (κ1) is 20.3. The molecule has 1 heterocycles. The monoisotopic (exact) mass is 398 g/mol. The highest BCUT2D eigenvalue weighted by atomic mass is 19.2. The number of ether oxygens (including phenoxy) is 1. The number of nitrogens with one attached hydrogen (secondary N) is 1. The minimum atomic E-state index is -1.06. The second-order valence-corrected chi connectivity index (χ2v) is 6.39. The van der Waals surface area contributed by atoms with E-state index in [9.17, 15) is 18.4 Å². The number of carbonyl (C=O) groups is 2. The molecule has 0 atom stereocenters. The lowest BCUT2D eigenvalue weighted by atomic mass is 10.0. The molecule has 2 amide bonds. The third-order valence-corrected chi connectivity index (χ3v) is 4.28. The standard InChI is InChI=1S/C22H20F2N2O3/c1-3-11-26-21(27)19(14-5-8-16(9-6-14)29-12-4-2)20(22(26)28)25-15-7-10-17(23)18(24)13-15/h3,5-10,13,25H,1,4,11-12H2,2H3. The van der Waals surface area contributed by atoms with Crippen molar-refractivity contribution in [1.82, 2.24) is 4.90 Å². The van der Waals surface area contributed by atoms with E-state index < -0.39 is 23.4 Å². The van der Waals surface area contributed by atoms with Crippen LogP contribution in [-0.4, -0.2) is 29.9 Å². The molecule has 29 heavy (non-hydrogen) atoms. The molecule has 1 N–H and O–H groups in total. The molecule has 1 aliphatic rings. The van der Waals surface area contributed by atoms with E-state index in [1.165, 1.54) is 12.1 Å². The average Bonchev–Trinajstić information content (AvgIpc) is 2.94. The Morgan fingerprint density at radius 2 is 1.79 bits per heavy atom. The van der Waals surface area contributed by atoms with Crippen molar-refractivity contribution < 1.29 is 23.1 Å². The van der Waals surface area contributed by atoms with Gasteiger partial charge in [0.2, 0.25) is 0 Å². The molecule has 0 fully saturated rings. The van der Waals surface area contributed by atoms with Crippen LogP contribution in [0, 0.1) is 11.6 Å². The Morgan fingerprint density at radius 1 is 1.07 bits per heavy atom. The lowest BCUT2D eigenvalue weighted by molar-refractivity contribution is -0.136. The van der Waals surface area contributed by atoms with Gasteiger partial charge in [-0.2, -0.15) is 0 Å². The molecule has 2 aromatic carbocycles. The molecule has 0 radical (unpaired) electrons. The largest absolute Gasteiger partial charge is 0.494 e. The lowest BCUT2D eigenvalue weighted by Gasteiger charge is -2.12. The van der Waals surface area contributed by atoms with Crippen molar-refractivity contribution >= 4 is 23.1 Å². The van der Waals surface area contributed by atoms with E-state index in [2.05, 4.69) is 11.9 Å². The summed E-state index contributed by atoms with van der Waals surface area (Å²) in [6.07, 6.45) is 2.30. The highest BCUT2D eigenvalue weighted by Crippen LogP contribution is 2.31. The van der Waals surface area contributed by atoms with E-state index in [0.29, 0.717) is 17.9 Å². The van der Waals surface area contributed by atoms with Crippen molar-refractivity contribution in [3.63, 3.8) is 0 Å². The van der Waals surface area contributed by atoms with Crippen LogP contribution in [0.1, 0.15) is 18.9 Å². The number of amides is 2. The van der Waals surface area contributed by atoms with Gasteiger partial charge in [-0.3, -0.25) is 14.5 Å². The second kappa shape index (κ2) is 8.68. The van der Waals surface area contributed by atoms with Gasteiger partial charge in [0.1, 0.15) is 11.4 Å². The van der Waals surface area contributed by atoms with Gasteiger partial charge in [-0.25, -0.2) is 8.78 Å². The number of carbonyl (C=O) groups excluding carboxylic acids is 2. The van der Waals surface area contributed by atoms with E-state index in [-0.39, 0.29) is 23.5 Å². The van der Waals surface area contributed by atoms with E-state index in [4.69, 9.17) is 4.74 Å². The Hall–Kier alpha value is -3.48. The van der Waals surface area contributed by atoms with Gasteiger partial charge in [-0.05, 0) is 36.2 Å². The van der Waals surface area contributed by atoms with Crippen LogP contribution in [0.25, 0.3) is 5.57 Å². The summed E-state index contributed by atoms with van der Waals surface area (Å²) in [7, 11) is 0. The van der Waals surface area contributed by atoms with E-state index >= 15 is 0 Å². The fourth-order valence-corrected chi connectivity index (χ4v) is 2.91. The number of nitrogens with zero attached hydrogens (tertiary/aromatic N) is 1. The Morgan fingerprint density at radius 3 is 2.41 bits per heavy atom. The summed E-state index contributed by atoms with van der Waals surface area (Å²) in [5, 5.41) is 2.77. The van der Waals surface area contributed by atoms with Crippen LogP contribution in [0.3, 0.4) is 0 Å². The molecule has 0 aliphatic carbocycles. The maximum Gasteiger partial charge on any atom is 0.278 e. The first-order chi connectivity index (χ1) is 14.0. The molecule has 150 valence electrons. The Labute approximate surface area is 167 Å². The van der Waals surface area contributed by atoms with Crippen molar-refractivity contribution in [3.05, 3.63) is 78.0 Å². The first-order valence-electron chi connectivity index (χ1n) is 9.13. The summed E-state index contributed by atoms with van der Waals surface area (Å²) in [6, 6.07) is 9.93. The van der Waals surface area contributed by atoms with Gasteiger partial charge < -0.3 is 10.1 Å². The number of halogens is 2. The average molecular weight is 398 g/mol. The predicted octanol–water partition coefficient (Wildman–Crippen LogP) is 4.13. The van der Waals surface area contributed by atoms with E-state index in [1.807, 2.05) is 6.92 Å². The topological polar surface area (TPSA) is 58.6 Å². The minimum Gasteiger partial charge on any atom is -0.494 e. The summed E-state index contributed by atoms with van der Waals surface area (Å²) >= 11 is 0. The van der Waals surface area contributed by atoms with Crippen LogP contribution < -0.4 is 10.1 Å². The predicted molar refractivity (Wildman–Crippen MR) is 106 cm³/mol. The lowest BCUT2D eigenvalue weighted by Crippen LogP contribution is -2.32. The maximum absolute atomic E-state index is 13.6. The van der Waals surface area contributed by atoms with Crippen molar-refractivity contribution in [2.75, 3.05) is 18.5 Å². The highest BCUT2D eigenvalue weighted by molar-refractivity contribution is 6.36. The molecule has 2 aromatic rings. The van der Waals surface area contributed by atoms with Gasteiger partial charge in [-0.15, -0.1) is 6.58 Å². The Bertz CT molecular complexity index is 984. The molecule has 5 nitrogen and oxygen atoms in total. The molecule has 0 aromatic heterocycles. The SMILES string of the molecule is C=CCN1C(=O)C(Nc2ccc(F)c(F)c2)=C(c2ccc(OCCC)cc2)C1=O. The van der Waals surface area contributed by atoms with Crippen LogP contribution in [0.2, 0.25) is 0 Å². The zero-order valence-electron chi connectivity index (χ0n) is 15.9. The quantitative estimate of drug-likeness (QED) is 0.537. The summed E-state index contributed by atoms with van der Waals surface area (Å²) in [4.78, 5) is 26.7. The number of benzene rings is 2. The molecule has 1 aliphatic heterocycles. The van der Waals surface area contributed by atoms with Crippen LogP contribution in [0.15, 0.2) is 60.8 Å². The van der Waals surface area contributed by atoms with Gasteiger partial charge in [0.15, 0.2) is 11.6 Å². The van der Waals surface area contributed by atoms with Crippen LogP contribution in [0.4, 0.5) is 14.5 Å². The van der Waals surface area contributed by atoms with Crippen LogP contribution in [-0.2, 0) is 9.59 Å². The van der Waals surface area contributed by atoms with Gasteiger partial charge in [0.05, 0.1) is 12.2 Å². The fraction of sp³-hybridized carbons (Fsp3) is 0.182. The van der Waals surface area contributed by atoms with Crippen molar-refractivity contribution in [2.24, 2.45) is 0 Å². The van der Waals surface area contributed by atoms with Gasteiger partial charge in [-0.1, -0.05) is 25.1 Å². The van der Waals surface area contributed by atoms with Gasteiger partial charge in [0, 0.05) is 18.3 Å². The van der Waals surface area contributed by atoms with Crippen molar-refractivity contribution in [3.8, 4) is 5.75 Å². The summed E-state index contributed by atoms with van der Waals surface area (Å²) in [5.74, 6) is -2.49. The summed E-state index contributed by atoms with van der Waals surface area (Å²) in [5.41, 5.74) is 0.790.